The third kappa shape index (κ3) is 8.64. The first-order valence-electron chi connectivity index (χ1n) is 16.6. The lowest BCUT2D eigenvalue weighted by Gasteiger charge is -2.26. The van der Waals surface area contributed by atoms with Crippen LogP contribution in [0.3, 0.4) is 0 Å². The lowest BCUT2D eigenvalue weighted by molar-refractivity contribution is 0.296. The zero-order chi connectivity index (χ0) is 34.4. The minimum absolute atomic E-state index is 0.146. The molecule has 48 heavy (non-hydrogen) atoms. The molecule has 2 aliphatic carbocycles. The van der Waals surface area contributed by atoms with Crippen molar-refractivity contribution in [3.63, 3.8) is 0 Å². The summed E-state index contributed by atoms with van der Waals surface area (Å²) in [5.74, 6) is 0.788. The molecule has 6 rings (SSSR count). The molecule has 2 atom stereocenters. The molecule has 2 aliphatic rings. The molecule has 256 valence electrons. The van der Waals surface area contributed by atoms with Crippen LogP contribution in [0.25, 0.3) is 0 Å². The molecule has 10 heteroatoms. The van der Waals surface area contributed by atoms with Gasteiger partial charge in [-0.25, -0.2) is 16.8 Å². The van der Waals surface area contributed by atoms with Crippen molar-refractivity contribution < 1.29 is 29.4 Å². The highest BCUT2D eigenvalue weighted by Crippen LogP contribution is 2.37. The van der Waals surface area contributed by atoms with Gasteiger partial charge in [-0.05, 0) is 134 Å². The Morgan fingerprint density at radius 1 is 0.583 bits per heavy atom. The van der Waals surface area contributed by atoms with Crippen LogP contribution in [0.4, 0.5) is 0 Å². The number of rotatable bonds is 10. The number of aryl methyl sites for hydroxylation is 2. The van der Waals surface area contributed by atoms with Crippen molar-refractivity contribution in [2.45, 2.75) is 96.1 Å². The van der Waals surface area contributed by atoms with E-state index in [1.54, 1.807) is 72.8 Å². The summed E-state index contributed by atoms with van der Waals surface area (Å²) in [6.45, 7) is 2.36. The van der Waals surface area contributed by atoms with E-state index in [9.17, 15) is 25.3 Å². The molecular formula is C38H44O7S3. The lowest BCUT2D eigenvalue weighted by Crippen LogP contribution is -2.14. The summed E-state index contributed by atoms with van der Waals surface area (Å²) < 4.78 is 78.1. The Morgan fingerprint density at radius 2 is 1.02 bits per heavy atom. The second-order valence-corrected chi connectivity index (χ2v) is 18.2. The van der Waals surface area contributed by atoms with Crippen LogP contribution < -0.4 is 0 Å². The molecule has 0 saturated carbocycles. The molecule has 0 saturated heterocycles. The fourth-order valence-corrected chi connectivity index (χ4v) is 9.94. The van der Waals surface area contributed by atoms with E-state index in [4.69, 9.17) is 4.18 Å². The van der Waals surface area contributed by atoms with Crippen molar-refractivity contribution in [1.82, 2.24) is 0 Å². The summed E-state index contributed by atoms with van der Waals surface area (Å²) in [6.07, 6.45) is 10.1. The highest BCUT2D eigenvalue weighted by Gasteiger charge is 2.25. The summed E-state index contributed by atoms with van der Waals surface area (Å²) in [5.41, 5.74) is 4.71. The van der Waals surface area contributed by atoms with Crippen molar-refractivity contribution in [1.29, 1.82) is 0 Å². The van der Waals surface area contributed by atoms with E-state index in [1.807, 2.05) is 24.3 Å². The van der Waals surface area contributed by atoms with Crippen molar-refractivity contribution in [3.05, 3.63) is 119 Å². The third-order valence-electron chi connectivity index (χ3n) is 9.23. The Bertz CT molecular complexity index is 2020. The van der Waals surface area contributed by atoms with Crippen LogP contribution in [0.2, 0.25) is 0 Å². The van der Waals surface area contributed by atoms with E-state index in [0.717, 1.165) is 49.5 Å². The van der Waals surface area contributed by atoms with Gasteiger partial charge in [-0.15, -0.1) is 0 Å². The van der Waals surface area contributed by atoms with Gasteiger partial charge in [0.05, 0.1) is 32.4 Å². The normalized spacial score (nSPS) is 17.8. The second-order valence-electron chi connectivity index (χ2n) is 12.6. The standard InChI is InChI=1S/C19H22O5S2.C19H22O2S/c1-25(20,21)24-13-12-15-6-5-7-16-14-18(10-11-19(15)16)26(22,23)17-8-3-2-4-9-17;1-2-7-15-8-6-9-16-14-18(12-13-19(15)16)22(20,21)17-10-4-3-5-11-17/h2-4,8-11,14-15H,5-7,12-13H2,1H3;3-5,10-15H,2,6-9H2,1H3. The van der Waals surface area contributed by atoms with Gasteiger partial charge in [0.1, 0.15) is 0 Å². The van der Waals surface area contributed by atoms with Gasteiger partial charge < -0.3 is 0 Å². The molecule has 7 nitrogen and oxygen atoms in total. The van der Waals surface area contributed by atoms with Gasteiger partial charge in [-0.3, -0.25) is 4.18 Å². The van der Waals surface area contributed by atoms with Gasteiger partial charge >= 0.3 is 0 Å². The molecule has 0 heterocycles. The summed E-state index contributed by atoms with van der Waals surface area (Å²) >= 11 is 0. The third-order valence-corrected chi connectivity index (χ3v) is 13.4. The van der Waals surface area contributed by atoms with E-state index >= 15 is 0 Å². The zero-order valence-electron chi connectivity index (χ0n) is 27.5. The Kier molecular flexibility index (Phi) is 11.6. The minimum atomic E-state index is -3.53. The van der Waals surface area contributed by atoms with Crippen molar-refractivity contribution in [3.8, 4) is 0 Å². The van der Waals surface area contributed by atoms with Gasteiger partial charge in [0.15, 0.2) is 0 Å². The molecule has 0 N–H and O–H groups in total. The maximum Gasteiger partial charge on any atom is 0.264 e. The number of fused-ring (bicyclic) bond motifs is 2. The van der Waals surface area contributed by atoms with Gasteiger partial charge in [-0.2, -0.15) is 8.42 Å². The smallest absolute Gasteiger partial charge is 0.264 e. The molecule has 0 aromatic heterocycles. The maximum absolute atomic E-state index is 12.8. The van der Waals surface area contributed by atoms with Gasteiger partial charge in [-0.1, -0.05) is 61.9 Å². The Morgan fingerprint density at radius 3 is 1.44 bits per heavy atom. The predicted molar refractivity (Wildman–Crippen MR) is 188 cm³/mol. The number of hydrogen-bond acceptors (Lipinski definition) is 7. The molecule has 4 aromatic carbocycles. The van der Waals surface area contributed by atoms with Crippen LogP contribution in [-0.4, -0.2) is 38.1 Å². The van der Waals surface area contributed by atoms with E-state index in [0.29, 0.717) is 27.0 Å². The molecule has 0 spiro atoms. The van der Waals surface area contributed by atoms with E-state index in [-0.39, 0.29) is 17.4 Å². The van der Waals surface area contributed by atoms with Crippen molar-refractivity contribution >= 4 is 29.8 Å². The maximum atomic E-state index is 12.8. The molecule has 0 aliphatic heterocycles. The fraction of sp³-hybridized carbons (Fsp3) is 0.368. The number of benzene rings is 4. The summed E-state index contributed by atoms with van der Waals surface area (Å²) in [6, 6.07) is 28.1. The average molecular weight is 709 g/mol. The summed E-state index contributed by atoms with van der Waals surface area (Å²) in [5, 5.41) is 0. The molecular weight excluding hydrogens is 665 g/mol. The van der Waals surface area contributed by atoms with Crippen LogP contribution in [0, 0.1) is 0 Å². The minimum Gasteiger partial charge on any atom is -0.270 e. The Hall–Kier alpha value is -3.31. The van der Waals surface area contributed by atoms with E-state index in [2.05, 4.69) is 6.92 Å². The molecule has 4 aromatic rings. The molecule has 0 bridgehead atoms. The first-order chi connectivity index (χ1) is 22.9. The molecule has 0 radical (unpaired) electrons. The first kappa shape index (κ1) is 36.0. The van der Waals surface area contributed by atoms with Crippen LogP contribution in [0.5, 0.6) is 0 Å². The van der Waals surface area contributed by atoms with Crippen LogP contribution >= 0.6 is 0 Å². The summed E-state index contributed by atoms with van der Waals surface area (Å²) in [7, 11) is -10.4. The molecule has 0 amide bonds. The lowest BCUT2D eigenvalue weighted by atomic mass is 9.81. The molecule has 0 fully saturated rings. The van der Waals surface area contributed by atoms with Crippen LogP contribution in [0.15, 0.2) is 117 Å². The van der Waals surface area contributed by atoms with Gasteiger partial charge in [0, 0.05) is 0 Å². The highest BCUT2D eigenvalue weighted by molar-refractivity contribution is 7.91. The Balaban J connectivity index is 0.000000190. The average Bonchev–Trinajstić information content (AvgIpc) is 3.08. The Labute approximate surface area is 286 Å². The highest BCUT2D eigenvalue weighted by atomic mass is 32.2. The van der Waals surface area contributed by atoms with E-state index < -0.39 is 29.8 Å². The van der Waals surface area contributed by atoms with Crippen molar-refractivity contribution in [2.75, 3.05) is 12.9 Å². The van der Waals surface area contributed by atoms with Crippen LogP contribution in [0.1, 0.15) is 86.0 Å². The fourth-order valence-electron chi connectivity index (χ4n) is 6.88. The summed E-state index contributed by atoms with van der Waals surface area (Å²) in [4.78, 5) is 1.38. The number of hydrogen-bond donors (Lipinski definition) is 0. The van der Waals surface area contributed by atoms with Crippen LogP contribution in [-0.2, 0) is 46.8 Å². The van der Waals surface area contributed by atoms with Crippen molar-refractivity contribution in [2.24, 2.45) is 0 Å². The molecule has 2 unspecified atom stereocenters. The quantitative estimate of drug-likeness (QED) is 0.153. The van der Waals surface area contributed by atoms with E-state index in [1.165, 1.54) is 30.4 Å². The zero-order valence-corrected chi connectivity index (χ0v) is 30.0. The number of sulfone groups is 2. The second kappa shape index (κ2) is 15.5. The first-order valence-corrected chi connectivity index (χ1v) is 21.4. The SMILES string of the molecule is CCCC1CCCc2cc(S(=O)(=O)c3ccccc3)ccc21.CS(=O)(=O)OCCC1CCCc2cc(S(=O)(=O)c3ccccc3)ccc21. The monoisotopic (exact) mass is 708 g/mol. The van der Waals surface area contributed by atoms with Gasteiger partial charge in [0.2, 0.25) is 19.7 Å². The van der Waals surface area contributed by atoms with Gasteiger partial charge in [0.25, 0.3) is 10.1 Å². The topological polar surface area (TPSA) is 112 Å². The predicted octanol–water partition coefficient (Wildman–Crippen LogP) is 8.05. The largest absolute Gasteiger partial charge is 0.270 e.